The van der Waals surface area contributed by atoms with Crippen molar-refractivity contribution in [1.29, 1.82) is 0 Å². The molecule has 1 aromatic rings. The molecule has 142 valence electrons. The minimum atomic E-state index is -3.62. The van der Waals surface area contributed by atoms with Crippen LogP contribution in [-0.4, -0.2) is 26.4 Å². The molecule has 0 aliphatic heterocycles. The highest BCUT2D eigenvalue weighted by molar-refractivity contribution is 9.10. The quantitative estimate of drug-likeness (QED) is 0.712. The molecule has 4 fully saturated rings. The van der Waals surface area contributed by atoms with Gasteiger partial charge in [-0.15, -0.1) is 0 Å². The van der Waals surface area contributed by atoms with Crippen molar-refractivity contribution in [3.05, 3.63) is 28.7 Å². The van der Waals surface area contributed by atoms with E-state index in [0.29, 0.717) is 4.47 Å². The molecule has 0 radical (unpaired) electrons. The summed E-state index contributed by atoms with van der Waals surface area (Å²) in [5.74, 6) is 2.28. The number of carbonyl (C=O) groups excluding carboxylic acids is 1. The topological polar surface area (TPSA) is 75.3 Å². The molecule has 5 nitrogen and oxygen atoms in total. The van der Waals surface area contributed by atoms with Crippen LogP contribution in [0, 0.1) is 17.8 Å². The van der Waals surface area contributed by atoms with Gasteiger partial charge in [0.15, 0.2) is 0 Å². The lowest BCUT2D eigenvalue weighted by Crippen LogP contribution is -2.60. The fraction of sp³-hybridized carbons (Fsp3) is 0.632. The summed E-state index contributed by atoms with van der Waals surface area (Å²) < 4.78 is 27.8. The second-order valence-corrected chi connectivity index (χ2v) is 10.9. The summed E-state index contributed by atoms with van der Waals surface area (Å²) in [6, 6.07) is 6.68. The third kappa shape index (κ3) is 3.71. The van der Waals surface area contributed by atoms with Gasteiger partial charge in [0, 0.05) is 23.0 Å². The van der Waals surface area contributed by atoms with Gasteiger partial charge in [-0.25, -0.2) is 13.1 Å². The lowest BCUT2D eigenvalue weighted by atomic mass is 9.53. The van der Waals surface area contributed by atoms with Gasteiger partial charge < -0.3 is 5.32 Å². The molecule has 0 spiro atoms. The molecule has 1 aromatic carbocycles. The number of nitrogens with one attached hydrogen (secondary N) is 2. The van der Waals surface area contributed by atoms with E-state index in [2.05, 4.69) is 26.0 Å². The summed E-state index contributed by atoms with van der Waals surface area (Å²) in [6.45, 7) is 0.113. The van der Waals surface area contributed by atoms with E-state index in [0.717, 1.165) is 37.0 Å². The Morgan fingerprint density at radius 2 is 1.65 bits per heavy atom. The zero-order chi connectivity index (χ0) is 18.4. The highest BCUT2D eigenvalue weighted by Crippen LogP contribution is 2.55. The van der Waals surface area contributed by atoms with E-state index in [-0.39, 0.29) is 29.3 Å². The van der Waals surface area contributed by atoms with Crippen molar-refractivity contribution in [1.82, 2.24) is 10.0 Å². The van der Waals surface area contributed by atoms with Crippen LogP contribution in [0.3, 0.4) is 0 Å². The molecule has 7 heteroatoms. The predicted molar refractivity (Wildman–Crippen MR) is 103 cm³/mol. The van der Waals surface area contributed by atoms with E-state index in [1.807, 2.05) is 0 Å². The second kappa shape index (κ2) is 6.91. The molecule has 0 aromatic heterocycles. The fourth-order valence-electron chi connectivity index (χ4n) is 5.66. The van der Waals surface area contributed by atoms with Gasteiger partial charge in [0.25, 0.3) is 0 Å². The van der Waals surface area contributed by atoms with Crippen LogP contribution in [0.1, 0.15) is 44.9 Å². The van der Waals surface area contributed by atoms with Crippen molar-refractivity contribution >= 4 is 31.9 Å². The summed E-state index contributed by atoms with van der Waals surface area (Å²) in [6.07, 6.45) is 7.49. The molecule has 0 saturated heterocycles. The number of rotatable bonds is 6. The maximum absolute atomic E-state index is 12.5. The lowest BCUT2D eigenvalue weighted by molar-refractivity contribution is -0.126. The summed E-state index contributed by atoms with van der Waals surface area (Å²) in [4.78, 5) is 12.7. The molecule has 0 atom stereocenters. The monoisotopic (exact) mass is 440 g/mol. The zero-order valence-electron chi connectivity index (χ0n) is 14.7. The number of hydrogen-bond acceptors (Lipinski definition) is 3. The van der Waals surface area contributed by atoms with Crippen molar-refractivity contribution in [3.8, 4) is 0 Å². The summed E-state index contributed by atoms with van der Waals surface area (Å²) >= 11 is 3.26. The SMILES string of the molecule is O=C(CCNS(=O)(=O)c1ccccc1Br)NC12CC3CC(CC(C3)C1)C2. The van der Waals surface area contributed by atoms with Gasteiger partial charge in [-0.1, -0.05) is 12.1 Å². The van der Waals surface area contributed by atoms with Crippen molar-refractivity contribution in [2.24, 2.45) is 17.8 Å². The lowest BCUT2D eigenvalue weighted by Gasteiger charge is -2.56. The van der Waals surface area contributed by atoms with E-state index in [1.165, 1.54) is 19.3 Å². The Morgan fingerprint density at radius 3 is 2.23 bits per heavy atom. The van der Waals surface area contributed by atoms with Gasteiger partial charge in [-0.3, -0.25) is 4.79 Å². The van der Waals surface area contributed by atoms with Gasteiger partial charge >= 0.3 is 0 Å². The Kier molecular flexibility index (Phi) is 4.90. The average molecular weight is 441 g/mol. The van der Waals surface area contributed by atoms with E-state index >= 15 is 0 Å². The Bertz CT molecular complexity index is 773. The average Bonchev–Trinajstić information content (AvgIpc) is 2.53. The normalized spacial score (nSPS) is 32.6. The second-order valence-electron chi connectivity index (χ2n) is 8.32. The van der Waals surface area contributed by atoms with Crippen LogP contribution in [0.25, 0.3) is 0 Å². The molecule has 1 amide bonds. The number of sulfonamides is 1. The third-order valence-corrected chi connectivity index (χ3v) is 8.69. The van der Waals surface area contributed by atoms with E-state index in [4.69, 9.17) is 0 Å². The molecule has 4 aliphatic carbocycles. The van der Waals surface area contributed by atoms with E-state index in [1.54, 1.807) is 24.3 Å². The number of halogens is 1. The van der Waals surface area contributed by atoms with Crippen molar-refractivity contribution in [2.75, 3.05) is 6.54 Å². The Balaban J connectivity index is 1.32. The minimum Gasteiger partial charge on any atom is -0.351 e. The van der Waals surface area contributed by atoms with Crippen LogP contribution in [0.4, 0.5) is 0 Å². The zero-order valence-corrected chi connectivity index (χ0v) is 17.1. The number of hydrogen-bond donors (Lipinski definition) is 2. The van der Waals surface area contributed by atoms with Crippen LogP contribution >= 0.6 is 15.9 Å². The van der Waals surface area contributed by atoms with Gasteiger partial charge in [0.05, 0.1) is 4.90 Å². The Hall–Kier alpha value is -0.920. The van der Waals surface area contributed by atoms with Crippen LogP contribution in [-0.2, 0) is 14.8 Å². The highest BCUT2D eigenvalue weighted by Gasteiger charge is 2.51. The van der Waals surface area contributed by atoms with Crippen LogP contribution in [0.2, 0.25) is 0 Å². The summed E-state index contributed by atoms with van der Waals surface area (Å²) in [7, 11) is -3.62. The first-order chi connectivity index (χ1) is 12.4. The molecular formula is C19H25BrN2O3S. The maximum atomic E-state index is 12.5. The number of benzene rings is 1. The molecule has 26 heavy (non-hydrogen) atoms. The fourth-order valence-corrected chi connectivity index (χ4v) is 7.69. The smallest absolute Gasteiger partial charge is 0.241 e. The van der Waals surface area contributed by atoms with Gasteiger partial charge in [-0.05, 0) is 84.3 Å². The molecule has 4 saturated carbocycles. The molecular weight excluding hydrogens is 416 g/mol. The largest absolute Gasteiger partial charge is 0.351 e. The van der Waals surface area contributed by atoms with Crippen LogP contribution in [0.15, 0.2) is 33.6 Å². The van der Waals surface area contributed by atoms with Crippen molar-refractivity contribution < 1.29 is 13.2 Å². The standard InChI is InChI=1S/C19H25BrN2O3S/c20-16-3-1-2-4-17(16)26(24,25)21-6-5-18(23)22-19-10-13-7-14(11-19)9-15(8-13)12-19/h1-4,13-15,21H,5-12H2,(H,22,23). The summed E-state index contributed by atoms with van der Waals surface area (Å²) in [5, 5.41) is 3.28. The predicted octanol–water partition coefficient (Wildman–Crippen LogP) is 3.20. The molecule has 4 aliphatic rings. The maximum Gasteiger partial charge on any atom is 0.241 e. The Morgan fingerprint density at radius 1 is 1.08 bits per heavy atom. The van der Waals surface area contributed by atoms with Gasteiger partial charge in [0.1, 0.15) is 0 Å². The highest BCUT2D eigenvalue weighted by atomic mass is 79.9. The van der Waals surface area contributed by atoms with Crippen molar-refractivity contribution in [3.63, 3.8) is 0 Å². The van der Waals surface area contributed by atoms with Gasteiger partial charge in [-0.2, -0.15) is 0 Å². The molecule has 0 unspecified atom stereocenters. The molecule has 2 N–H and O–H groups in total. The van der Waals surface area contributed by atoms with Crippen LogP contribution in [0.5, 0.6) is 0 Å². The first kappa shape index (κ1) is 18.4. The molecule has 4 bridgehead atoms. The molecule has 5 rings (SSSR count). The van der Waals surface area contributed by atoms with Crippen molar-refractivity contribution in [2.45, 2.75) is 55.4 Å². The number of carbonyl (C=O) groups is 1. The number of amides is 1. The van der Waals surface area contributed by atoms with E-state index < -0.39 is 10.0 Å². The summed E-state index contributed by atoms with van der Waals surface area (Å²) in [5.41, 5.74) is -0.0207. The minimum absolute atomic E-state index is 0.0207. The van der Waals surface area contributed by atoms with Crippen LogP contribution < -0.4 is 10.0 Å². The molecule has 0 heterocycles. The van der Waals surface area contributed by atoms with Gasteiger partial charge in [0.2, 0.25) is 15.9 Å². The first-order valence-corrected chi connectivity index (χ1v) is 11.7. The van der Waals surface area contributed by atoms with E-state index in [9.17, 15) is 13.2 Å². The first-order valence-electron chi connectivity index (χ1n) is 9.40. The third-order valence-electron chi connectivity index (χ3n) is 6.21. The Labute approximate surface area is 163 Å².